The molecule has 2 heterocycles. The summed E-state index contributed by atoms with van der Waals surface area (Å²) in [4.78, 5) is 15.9. The minimum Gasteiger partial charge on any atom is -0.492 e. The molecule has 0 bridgehead atoms. The number of rotatable bonds is 8. The van der Waals surface area contributed by atoms with Gasteiger partial charge in [-0.25, -0.2) is 9.78 Å². The SMILES string of the molecule is COC(=O)c1ncc(OCC2CC3(CC(/C=C/c4c(-c5ccccc5C)noc4C4CC4)C3)C2)cc1C. The maximum absolute atomic E-state index is 11.7. The number of hydrogen-bond donors (Lipinski definition) is 0. The molecule has 37 heavy (non-hydrogen) atoms. The zero-order chi connectivity index (χ0) is 25.6. The Labute approximate surface area is 218 Å². The van der Waals surface area contributed by atoms with Crippen LogP contribution in [0.25, 0.3) is 17.3 Å². The number of aryl methyl sites for hydroxylation is 2. The van der Waals surface area contributed by atoms with Crippen molar-refractivity contribution >= 4 is 12.0 Å². The molecule has 0 N–H and O–H groups in total. The largest absolute Gasteiger partial charge is 0.492 e. The van der Waals surface area contributed by atoms with E-state index in [1.54, 1.807) is 6.20 Å². The van der Waals surface area contributed by atoms with Crippen LogP contribution in [-0.4, -0.2) is 29.8 Å². The van der Waals surface area contributed by atoms with Crippen molar-refractivity contribution in [3.63, 3.8) is 0 Å². The van der Waals surface area contributed by atoms with Gasteiger partial charge >= 0.3 is 5.97 Å². The topological polar surface area (TPSA) is 74.5 Å². The van der Waals surface area contributed by atoms with Gasteiger partial charge in [0, 0.05) is 17.0 Å². The van der Waals surface area contributed by atoms with E-state index in [4.69, 9.17) is 14.0 Å². The Hall–Kier alpha value is -3.41. The van der Waals surface area contributed by atoms with Crippen LogP contribution in [-0.2, 0) is 4.74 Å². The first-order valence-corrected chi connectivity index (χ1v) is 13.4. The van der Waals surface area contributed by atoms with Gasteiger partial charge in [-0.15, -0.1) is 0 Å². The summed E-state index contributed by atoms with van der Waals surface area (Å²) in [6.07, 6.45) is 13.6. The highest BCUT2D eigenvalue weighted by molar-refractivity contribution is 5.88. The van der Waals surface area contributed by atoms with Gasteiger partial charge in [0.2, 0.25) is 0 Å². The molecule has 6 heteroatoms. The summed E-state index contributed by atoms with van der Waals surface area (Å²) in [5.41, 5.74) is 6.14. The van der Waals surface area contributed by atoms with Crippen molar-refractivity contribution in [2.24, 2.45) is 17.3 Å². The van der Waals surface area contributed by atoms with Crippen molar-refractivity contribution in [3.8, 4) is 17.0 Å². The van der Waals surface area contributed by atoms with Crippen LogP contribution in [0.3, 0.4) is 0 Å². The quantitative estimate of drug-likeness (QED) is 0.314. The van der Waals surface area contributed by atoms with Crippen molar-refractivity contribution in [2.75, 3.05) is 13.7 Å². The number of carbonyl (C=O) groups excluding carboxylic acids is 1. The van der Waals surface area contributed by atoms with Gasteiger partial charge in [-0.05, 0) is 86.8 Å². The molecule has 1 aromatic carbocycles. The van der Waals surface area contributed by atoms with Crippen molar-refractivity contribution in [1.29, 1.82) is 0 Å². The van der Waals surface area contributed by atoms with Gasteiger partial charge < -0.3 is 14.0 Å². The summed E-state index contributed by atoms with van der Waals surface area (Å²) >= 11 is 0. The Morgan fingerprint density at radius 2 is 1.92 bits per heavy atom. The molecule has 6 nitrogen and oxygen atoms in total. The third-order valence-electron chi connectivity index (χ3n) is 8.39. The number of benzene rings is 1. The monoisotopic (exact) mass is 498 g/mol. The van der Waals surface area contributed by atoms with Gasteiger partial charge in [0.1, 0.15) is 17.2 Å². The predicted octanol–water partition coefficient (Wildman–Crippen LogP) is 6.92. The number of esters is 1. The molecule has 2 aromatic heterocycles. The second-order valence-electron chi connectivity index (χ2n) is 11.3. The Kier molecular flexibility index (Phi) is 6.13. The van der Waals surface area contributed by atoms with Crippen LogP contribution >= 0.6 is 0 Å². The third-order valence-corrected chi connectivity index (χ3v) is 8.39. The van der Waals surface area contributed by atoms with Gasteiger partial charge in [0.05, 0.1) is 19.9 Å². The number of aromatic nitrogens is 2. The number of nitrogens with zero attached hydrogens (tertiary/aromatic N) is 2. The number of ether oxygens (including phenoxy) is 2. The third kappa shape index (κ3) is 4.70. The second kappa shape index (κ2) is 9.47. The highest BCUT2D eigenvalue weighted by Crippen LogP contribution is 2.61. The highest BCUT2D eigenvalue weighted by Gasteiger charge is 2.52. The average Bonchev–Trinajstić information content (AvgIpc) is 3.61. The molecule has 1 spiro atoms. The minimum absolute atomic E-state index is 0.340. The maximum atomic E-state index is 11.7. The smallest absolute Gasteiger partial charge is 0.356 e. The number of methoxy groups -OCH3 is 1. The predicted molar refractivity (Wildman–Crippen MR) is 141 cm³/mol. The van der Waals surface area contributed by atoms with E-state index in [1.165, 1.54) is 56.8 Å². The molecule has 6 rings (SSSR count). The zero-order valence-corrected chi connectivity index (χ0v) is 21.8. The molecule has 0 radical (unpaired) electrons. The van der Waals surface area contributed by atoms with E-state index in [0.717, 1.165) is 22.6 Å². The lowest BCUT2D eigenvalue weighted by atomic mass is 9.48. The first-order chi connectivity index (χ1) is 17.9. The van der Waals surface area contributed by atoms with E-state index in [-0.39, 0.29) is 0 Å². The van der Waals surface area contributed by atoms with Gasteiger partial charge in [-0.1, -0.05) is 41.6 Å². The highest BCUT2D eigenvalue weighted by atomic mass is 16.5. The van der Waals surface area contributed by atoms with Gasteiger partial charge in [-0.2, -0.15) is 0 Å². The molecule has 0 atom stereocenters. The van der Waals surface area contributed by atoms with E-state index < -0.39 is 5.97 Å². The molecule has 3 saturated carbocycles. The zero-order valence-electron chi connectivity index (χ0n) is 21.8. The van der Waals surface area contributed by atoms with Gasteiger partial charge in [0.25, 0.3) is 0 Å². The summed E-state index contributed by atoms with van der Waals surface area (Å²) < 4.78 is 16.6. The fourth-order valence-electron chi connectivity index (χ4n) is 6.33. The first-order valence-electron chi connectivity index (χ1n) is 13.4. The van der Waals surface area contributed by atoms with E-state index >= 15 is 0 Å². The van der Waals surface area contributed by atoms with Crippen molar-refractivity contribution in [3.05, 3.63) is 70.7 Å². The van der Waals surface area contributed by atoms with E-state index in [0.29, 0.717) is 41.2 Å². The van der Waals surface area contributed by atoms with Crippen molar-refractivity contribution in [2.45, 2.75) is 58.3 Å². The van der Waals surface area contributed by atoms with E-state index in [1.807, 2.05) is 13.0 Å². The Morgan fingerprint density at radius 3 is 2.62 bits per heavy atom. The molecule has 3 fully saturated rings. The molecule has 192 valence electrons. The van der Waals surface area contributed by atoms with Crippen LogP contribution in [0.5, 0.6) is 5.75 Å². The Morgan fingerprint density at radius 1 is 1.14 bits per heavy atom. The molecule has 3 aromatic rings. The molecule has 0 unspecified atom stereocenters. The summed E-state index contributed by atoms with van der Waals surface area (Å²) in [7, 11) is 1.37. The van der Waals surface area contributed by atoms with Crippen LogP contribution in [0.4, 0.5) is 0 Å². The standard InChI is InChI=1S/C31H34N2O4/c1-19-6-4-5-7-25(19)28-26(29(37-33-28)23-9-10-23)11-8-21-13-31(14-21)15-22(16-31)18-36-24-12-20(2)27(32-17-24)30(34)35-3/h4-8,11-12,17,21-23H,9-10,13-16,18H2,1-3H3/b11-8+. The molecule has 0 saturated heterocycles. The molecule has 0 aliphatic heterocycles. The lowest BCUT2D eigenvalue weighted by Crippen LogP contribution is -2.48. The molecule has 3 aliphatic rings. The number of allylic oxidation sites excluding steroid dienone is 1. The lowest BCUT2D eigenvalue weighted by Gasteiger charge is -2.57. The lowest BCUT2D eigenvalue weighted by molar-refractivity contribution is -0.0657. The Balaban J connectivity index is 1.03. The average molecular weight is 499 g/mol. The van der Waals surface area contributed by atoms with E-state index in [2.05, 4.69) is 53.5 Å². The van der Waals surface area contributed by atoms with Crippen LogP contribution in [0, 0.1) is 31.1 Å². The fraction of sp³-hybridized carbons (Fsp3) is 0.452. The normalized spacial score (nSPS) is 24.6. The van der Waals surface area contributed by atoms with Crippen LogP contribution in [0.2, 0.25) is 0 Å². The first kappa shape index (κ1) is 24.0. The van der Waals surface area contributed by atoms with E-state index in [9.17, 15) is 4.79 Å². The van der Waals surface area contributed by atoms with Gasteiger partial charge in [-0.3, -0.25) is 0 Å². The van der Waals surface area contributed by atoms with Crippen molar-refractivity contribution in [1.82, 2.24) is 10.1 Å². The fourth-order valence-corrected chi connectivity index (χ4v) is 6.33. The second-order valence-corrected chi connectivity index (χ2v) is 11.3. The molecule has 3 aliphatic carbocycles. The van der Waals surface area contributed by atoms with Crippen LogP contribution in [0.1, 0.15) is 77.4 Å². The number of pyridine rings is 1. The minimum atomic E-state index is -0.419. The number of carbonyl (C=O) groups is 1. The van der Waals surface area contributed by atoms with Gasteiger partial charge in [0.15, 0.2) is 5.69 Å². The van der Waals surface area contributed by atoms with Crippen LogP contribution in [0.15, 0.2) is 47.1 Å². The summed E-state index contributed by atoms with van der Waals surface area (Å²) in [5.74, 6) is 3.08. The summed E-state index contributed by atoms with van der Waals surface area (Å²) in [5, 5.41) is 4.50. The molecular formula is C31H34N2O4. The molecular weight excluding hydrogens is 464 g/mol. The Bertz CT molecular complexity index is 1340. The summed E-state index contributed by atoms with van der Waals surface area (Å²) in [6, 6.07) is 10.3. The number of hydrogen-bond acceptors (Lipinski definition) is 6. The maximum Gasteiger partial charge on any atom is 0.356 e. The van der Waals surface area contributed by atoms with Crippen molar-refractivity contribution < 1.29 is 18.8 Å². The molecule has 0 amide bonds. The van der Waals surface area contributed by atoms with Crippen LogP contribution < -0.4 is 4.74 Å². The summed E-state index contributed by atoms with van der Waals surface area (Å²) in [6.45, 7) is 4.69.